The van der Waals surface area contributed by atoms with Crippen LogP contribution in [0.1, 0.15) is 33.4 Å². The van der Waals surface area contributed by atoms with Crippen molar-refractivity contribution < 1.29 is 18.7 Å². The summed E-state index contributed by atoms with van der Waals surface area (Å²) in [4.78, 5) is 30.7. The molecule has 3 aromatic rings. The third kappa shape index (κ3) is 4.24. The van der Waals surface area contributed by atoms with E-state index in [1.54, 1.807) is 0 Å². The zero-order valence-electron chi connectivity index (χ0n) is 13.9. The van der Waals surface area contributed by atoms with Gasteiger partial charge in [-0.1, -0.05) is 24.3 Å². The molecule has 0 fully saturated rings. The number of aliphatic hydroxyl groups is 1. The van der Waals surface area contributed by atoms with E-state index in [2.05, 4.69) is 15.3 Å². The van der Waals surface area contributed by atoms with Gasteiger partial charge in [-0.3, -0.25) is 9.59 Å². The van der Waals surface area contributed by atoms with Gasteiger partial charge in [-0.2, -0.15) is 0 Å². The van der Waals surface area contributed by atoms with Crippen molar-refractivity contribution >= 4 is 5.91 Å². The number of aromatic nitrogens is 2. The summed E-state index contributed by atoms with van der Waals surface area (Å²) in [5.74, 6) is -1.57. The van der Waals surface area contributed by atoms with Crippen LogP contribution in [0.2, 0.25) is 0 Å². The third-order valence-electron chi connectivity index (χ3n) is 3.93. The summed E-state index contributed by atoms with van der Waals surface area (Å²) in [6, 6.07) is 10.2. The van der Waals surface area contributed by atoms with E-state index in [1.165, 1.54) is 48.5 Å². The molecule has 0 bridgehead atoms. The minimum Gasteiger partial charge on any atom is -0.388 e. The lowest BCUT2D eigenvalue weighted by atomic mass is 9.98. The topological polar surface area (TPSA) is 95.1 Å². The lowest BCUT2D eigenvalue weighted by Gasteiger charge is -2.20. The zero-order chi connectivity index (χ0) is 19.4. The molecular weight excluding hydrogens is 356 g/mol. The maximum atomic E-state index is 13.2. The smallest absolute Gasteiger partial charge is 0.263 e. The molecule has 0 atom stereocenters. The van der Waals surface area contributed by atoms with Crippen molar-refractivity contribution in [1.82, 2.24) is 15.3 Å². The minimum absolute atomic E-state index is 0.0326. The van der Waals surface area contributed by atoms with Crippen LogP contribution in [0.5, 0.6) is 0 Å². The number of nitrogens with zero attached hydrogens (tertiary/aromatic N) is 1. The van der Waals surface area contributed by atoms with Crippen LogP contribution in [0.3, 0.4) is 0 Å². The first-order valence-corrected chi connectivity index (χ1v) is 7.99. The number of aliphatic hydroxyl groups excluding tert-OH is 1. The molecule has 0 unspecified atom stereocenters. The van der Waals surface area contributed by atoms with E-state index >= 15 is 0 Å². The van der Waals surface area contributed by atoms with Gasteiger partial charge in [0.05, 0.1) is 6.04 Å². The number of hydrogen-bond donors (Lipinski definition) is 3. The summed E-state index contributed by atoms with van der Waals surface area (Å²) < 4.78 is 26.5. The van der Waals surface area contributed by atoms with E-state index < -0.39 is 35.7 Å². The molecule has 3 N–H and O–H groups in total. The highest BCUT2D eigenvalue weighted by atomic mass is 19.1. The molecule has 0 aliphatic carbocycles. The average molecular weight is 371 g/mol. The second kappa shape index (κ2) is 7.88. The van der Waals surface area contributed by atoms with Crippen molar-refractivity contribution in [2.75, 3.05) is 0 Å². The van der Waals surface area contributed by atoms with E-state index in [-0.39, 0.29) is 11.4 Å². The van der Waals surface area contributed by atoms with Crippen LogP contribution in [0.15, 0.2) is 59.5 Å². The minimum atomic E-state index is -0.740. The van der Waals surface area contributed by atoms with Crippen molar-refractivity contribution in [1.29, 1.82) is 0 Å². The molecule has 0 saturated carbocycles. The van der Waals surface area contributed by atoms with Crippen molar-refractivity contribution in [3.63, 3.8) is 0 Å². The van der Waals surface area contributed by atoms with E-state index in [0.29, 0.717) is 11.1 Å². The van der Waals surface area contributed by atoms with Gasteiger partial charge in [0.1, 0.15) is 29.6 Å². The molecule has 2 aromatic carbocycles. The summed E-state index contributed by atoms with van der Waals surface area (Å²) in [6.07, 6.45) is 1.06. The van der Waals surface area contributed by atoms with Gasteiger partial charge in [0.2, 0.25) is 0 Å². The van der Waals surface area contributed by atoms with Gasteiger partial charge in [-0.15, -0.1) is 0 Å². The molecule has 8 heteroatoms. The number of benzene rings is 2. The molecular formula is C19H15F2N3O3. The van der Waals surface area contributed by atoms with E-state index in [0.717, 1.165) is 6.20 Å². The van der Waals surface area contributed by atoms with Crippen LogP contribution in [0.4, 0.5) is 8.78 Å². The first-order chi connectivity index (χ1) is 13.0. The van der Waals surface area contributed by atoms with Gasteiger partial charge >= 0.3 is 0 Å². The van der Waals surface area contributed by atoms with Gasteiger partial charge in [0.15, 0.2) is 0 Å². The summed E-state index contributed by atoms with van der Waals surface area (Å²) in [6.45, 7) is -0.467. The number of H-pyrrole nitrogens is 1. The fourth-order valence-electron chi connectivity index (χ4n) is 2.55. The van der Waals surface area contributed by atoms with E-state index in [9.17, 15) is 18.4 Å². The second-order valence-corrected chi connectivity index (χ2v) is 5.74. The summed E-state index contributed by atoms with van der Waals surface area (Å²) in [5, 5.41) is 11.7. The number of hydrogen-bond acceptors (Lipinski definition) is 4. The lowest BCUT2D eigenvalue weighted by molar-refractivity contribution is 0.0940. The van der Waals surface area contributed by atoms with Crippen LogP contribution in [0, 0.1) is 11.6 Å². The molecule has 0 saturated heterocycles. The summed E-state index contributed by atoms with van der Waals surface area (Å²) >= 11 is 0. The van der Waals surface area contributed by atoms with E-state index in [4.69, 9.17) is 5.11 Å². The highest BCUT2D eigenvalue weighted by Gasteiger charge is 2.20. The molecule has 6 nitrogen and oxygen atoms in total. The molecule has 1 heterocycles. The molecule has 1 amide bonds. The third-order valence-corrected chi connectivity index (χ3v) is 3.93. The number of aromatic amines is 1. The number of amides is 1. The van der Waals surface area contributed by atoms with Gasteiger partial charge in [-0.05, 0) is 35.4 Å². The molecule has 0 aliphatic rings. The van der Waals surface area contributed by atoms with Gasteiger partial charge in [-0.25, -0.2) is 13.8 Å². The Morgan fingerprint density at radius 1 is 1.04 bits per heavy atom. The van der Waals surface area contributed by atoms with Crippen molar-refractivity contribution in [3.05, 3.63) is 99.2 Å². The number of rotatable bonds is 5. The highest BCUT2D eigenvalue weighted by Crippen LogP contribution is 2.23. The van der Waals surface area contributed by atoms with Crippen LogP contribution < -0.4 is 10.9 Å². The highest BCUT2D eigenvalue weighted by molar-refractivity contribution is 5.94. The zero-order valence-corrected chi connectivity index (χ0v) is 13.9. The first-order valence-electron chi connectivity index (χ1n) is 7.99. The van der Waals surface area contributed by atoms with Crippen molar-refractivity contribution in [3.8, 4) is 0 Å². The molecule has 3 rings (SSSR count). The number of carbonyl (C=O) groups is 1. The fraction of sp³-hybridized carbons (Fsp3) is 0.105. The number of halogens is 2. The molecule has 0 aliphatic heterocycles. The van der Waals surface area contributed by atoms with Crippen LogP contribution in [0.25, 0.3) is 0 Å². The molecule has 27 heavy (non-hydrogen) atoms. The Balaban J connectivity index is 1.95. The monoisotopic (exact) mass is 371 g/mol. The Kier molecular flexibility index (Phi) is 5.37. The van der Waals surface area contributed by atoms with Crippen LogP contribution in [-0.4, -0.2) is 21.0 Å². The number of carbonyl (C=O) groups excluding carboxylic acids is 1. The molecule has 1 aromatic heterocycles. The Hall–Kier alpha value is -3.39. The quantitative estimate of drug-likeness (QED) is 0.640. The standard InChI is InChI=1S/C19H15F2N3O3/c20-13-5-1-11(2-6-13)17(12-3-7-14(21)8-4-12)24-19(27)15-9-22-16(10-25)23-18(15)26/h1-9,17,25H,10H2,(H,24,27)(H,22,23,26). The fourth-order valence-corrected chi connectivity index (χ4v) is 2.55. The Morgan fingerprint density at radius 2 is 1.56 bits per heavy atom. The van der Waals surface area contributed by atoms with Crippen molar-refractivity contribution in [2.24, 2.45) is 0 Å². The predicted molar refractivity (Wildman–Crippen MR) is 92.9 cm³/mol. The summed E-state index contributed by atoms with van der Waals surface area (Å²) in [7, 11) is 0. The predicted octanol–water partition coefficient (Wildman–Crippen LogP) is 2.06. The van der Waals surface area contributed by atoms with Gasteiger partial charge < -0.3 is 15.4 Å². The molecule has 0 spiro atoms. The Morgan fingerprint density at radius 3 is 2.00 bits per heavy atom. The molecule has 0 radical (unpaired) electrons. The lowest BCUT2D eigenvalue weighted by Crippen LogP contribution is -2.34. The van der Waals surface area contributed by atoms with Gasteiger partial charge in [0, 0.05) is 6.20 Å². The summed E-state index contributed by atoms with van der Waals surface area (Å²) in [5.41, 5.74) is 0.144. The normalized spacial score (nSPS) is 10.8. The first kappa shape index (κ1) is 18.4. The van der Waals surface area contributed by atoms with Crippen LogP contribution >= 0.6 is 0 Å². The van der Waals surface area contributed by atoms with Crippen molar-refractivity contribution in [2.45, 2.75) is 12.6 Å². The largest absolute Gasteiger partial charge is 0.388 e. The average Bonchev–Trinajstić information content (AvgIpc) is 2.67. The van der Waals surface area contributed by atoms with E-state index in [1.807, 2.05) is 0 Å². The molecule has 138 valence electrons. The second-order valence-electron chi connectivity index (χ2n) is 5.74. The maximum absolute atomic E-state index is 13.2. The number of nitrogens with one attached hydrogen (secondary N) is 2. The maximum Gasteiger partial charge on any atom is 0.263 e. The Bertz CT molecular complexity index is 956. The van der Waals surface area contributed by atoms with Gasteiger partial charge in [0.25, 0.3) is 11.5 Å². The SMILES string of the molecule is O=C(NC(c1ccc(F)cc1)c1ccc(F)cc1)c1cnc(CO)[nH]c1=O. The Labute approximate surface area is 152 Å². The van der Waals surface area contributed by atoms with Crippen LogP contribution in [-0.2, 0) is 6.61 Å².